The number of nitrogens with zero attached hydrogens (tertiary/aromatic N) is 3. The van der Waals surface area contributed by atoms with Crippen molar-refractivity contribution in [2.75, 3.05) is 5.32 Å². The van der Waals surface area contributed by atoms with Crippen molar-refractivity contribution >= 4 is 33.3 Å². The van der Waals surface area contributed by atoms with Crippen molar-refractivity contribution in [3.05, 3.63) is 51.0 Å². The van der Waals surface area contributed by atoms with Crippen LogP contribution >= 0.6 is 11.3 Å². The lowest BCUT2D eigenvalue weighted by Crippen LogP contribution is -2.28. The number of hydrogen-bond donors (Lipinski definition) is 1. The van der Waals surface area contributed by atoms with Gasteiger partial charge < -0.3 is 5.32 Å². The highest BCUT2D eigenvalue weighted by Crippen LogP contribution is 2.29. The van der Waals surface area contributed by atoms with E-state index in [1.54, 1.807) is 6.07 Å². The minimum atomic E-state index is -0.262. The summed E-state index contributed by atoms with van der Waals surface area (Å²) < 4.78 is 1.34. The Bertz CT molecular complexity index is 998. The molecule has 0 spiro atoms. The van der Waals surface area contributed by atoms with Crippen LogP contribution in [-0.4, -0.2) is 20.4 Å². The number of aryl methyl sites for hydroxylation is 3. The van der Waals surface area contributed by atoms with Gasteiger partial charge in [-0.2, -0.15) is 0 Å². The lowest BCUT2D eigenvalue weighted by atomic mass is 10.0. The molecule has 0 aliphatic heterocycles. The van der Waals surface area contributed by atoms with E-state index in [9.17, 15) is 9.59 Å². The van der Waals surface area contributed by atoms with Crippen molar-refractivity contribution in [1.82, 2.24) is 14.5 Å². The Kier molecular flexibility index (Phi) is 4.09. The summed E-state index contributed by atoms with van der Waals surface area (Å²) in [5.74, 6) is -0.262. The van der Waals surface area contributed by atoms with Gasteiger partial charge in [-0.05, 0) is 44.2 Å². The van der Waals surface area contributed by atoms with Crippen LogP contribution in [0.3, 0.4) is 0 Å². The van der Waals surface area contributed by atoms with Crippen LogP contribution in [0.25, 0.3) is 10.9 Å². The van der Waals surface area contributed by atoms with Gasteiger partial charge in [-0.3, -0.25) is 14.2 Å². The summed E-state index contributed by atoms with van der Waals surface area (Å²) >= 11 is 1.54. The summed E-state index contributed by atoms with van der Waals surface area (Å²) in [6, 6.07) is 5.47. The molecule has 0 atom stereocenters. The summed E-state index contributed by atoms with van der Waals surface area (Å²) in [7, 11) is 0. The smallest absolute Gasteiger partial charge is 0.261 e. The standard InChI is InChI=1S/C18H18N4O2S/c1-11-5-4-6-12-16(11)19-10-22(17(12)24)9-15(23)21-18-20-13-7-2-3-8-14(13)25-18/h4-6,10H,2-3,7-9H2,1H3,(H,20,21,23). The number of aromatic nitrogens is 3. The van der Waals surface area contributed by atoms with Crippen molar-refractivity contribution in [2.45, 2.75) is 39.2 Å². The van der Waals surface area contributed by atoms with Gasteiger partial charge in [-0.25, -0.2) is 9.97 Å². The maximum absolute atomic E-state index is 12.6. The highest BCUT2D eigenvalue weighted by Gasteiger charge is 2.17. The molecule has 1 amide bonds. The summed E-state index contributed by atoms with van der Waals surface area (Å²) in [6.07, 6.45) is 5.79. The zero-order chi connectivity index (χ0) is 17.4. The number of carbonyl (C=O) groups is 1. The molecule has 0 radical (unpaired) electrons. The topological polar surface area (TPSA) is 76.9 Å². The predicted octanol–water partition coefficient (Wildman–Crippen LogP) is 2.68. The largest absolute Gasteiger partial charge is 0.300 e. The Morgan fingerprint density at radius 2 is 2.16 bits per heavy atom. The van der Waals surface area contributed by atoms with Crippen LogP contribution in [0, 0.1) is 6.92 Å². The molecule has 1 aliphatic rings. The first-order chi connectivity index (χ1) is 12.1. The molecule has 0 saturated heterocycles. The molecule has 0 unspecified atom stereocenters. The molecule has 2 heterocycles. The maximum Gasteiger partial charge on any atom is 0.261 e. The molecule has 1 aromatic carbocycles. The average Bonchev–Trinajstić information content (AvgIpc) is 3.00. The summed E-state index contributed by atoms with van der Waals surface area (Å²) in [5, 5.41) is 3.96. The lowest BCUT2D eigenvalue weighted by Gasteiger charge is -2.07. The van der Waals surface area contributed by atoms with E-state index in [0.29, 0.717) is 16.0 Å². The Balaban J connectivity index is 1.55. The van der Waals surface area contributed by atoms with Crippen molar-refractivity contribution in [3.8, 4) is 0 Å². The molecule has 0 saturated carbocycles. The molecule has 128 valence electrons. The van der Waals surface area contributed by atoms with E-state index in [4.69, 9.17) is 0 Å². The van der Waals surface area contributed by atoms with Crippen LogP contribution < -0.4 is 10.9 Å². The third-order valence-corrected chi connectivity index (χ3v) is 5.53. The Morgan fingerprint density at radius 1 is 1.32 bits per heavy atom. The van der Waals surface area contributed by atoms with E-state index < -0.39 is 0 Å². The Labute approximate surface area is 148 Å². The van der Waals surface area contributed by atoms with Crippen LogP contribution in [-0.2, 0) is 24.2 Å². The molecule has 4 rings (SSSR count). The minimum absolute atomic E-state index is 0.0695. The van der Waals surface area contributed by atoms with Gasteiger partial charge in [0.2, 0.25) is 5.91 Å². The van der Waals surface area contributed by atoms with E-state index in [1.807, 2.05) is 19.1 Å². The quantitative estimate of drug-likeness (QED) is 0.784. The number of rotatable bonds is 3. The highest BCUT2D eigenvalue weighted by atomic mass is 32.1. The number of amides is 1. The van der Waals surface area contributed by atoms with E-state index in [0.717, 1.165) is 30.5 Å². The average molecular weight is 354 g/mol. The third-order valence-electron chi connectivity index (χ3n) is 4.46. The minimum Gasteiger partial charge on any atom is -0.300 e. The Morgan fingerprint density at radius 3 is 3.00 bits per heavy atom. The fraction of sp³-hybridized carbons (Fsp3) is 0.333. The number of nitrogens with one attached hydrogen (secondary N) is 1. The second-order valence-electron chi connectivity index (χ2n) is 6.29. The summed E-state index contributed by atoms with van der Waals surface area (Å²) in [5.41, 5.74) is 2.52. The number of benzene rings is 1. The number of para-hydroxylation sites is 1. The first kappa shape index (κ1) is 16.0. The first-order valence-corrected chi connectivity index (χ1v) is 9.16. The van der Waals surface area contributed by atoms with Gasteiger partial charge in [0.05, 0.1) is 22.9 Å². The lowest BCUT2D eigenvalue weighted by molar-refractivity contribution is -0.116. The molecular weight excluding hydrogens is 336 g/mol. The van der Waals surface area contributed by atoms with E-state index in [2.05, 4.69) is 15.3 Å². The molecule has 2 aromatic heterocycles. The molecule has 3 aromatic rings. The molecule has 0 fully saturated rings. The predicted molar refractivity (Wildman–Crippen MR) is 98.1 cm³/mol. The first-order valence-electron chi connectivity index (χ1n) is 8.35. The van der Waals surface area contributed by atoms with Crippen LogP contribution in [0.4, 0.5) is 5.13 Å². The second kappa shape index (κ2) is 6.40. The van der Waals surface area contributed by atoms with Gasteiger partial charge in [-0.15, -0.1) is 11.3 Å². The van der Waals surface area contributed by atoms with Gasteiger partial charge in [0.15, 0.2) is 5.13 Å². The molecule has 1 aliphatic carbocycles. The highest BCUT2D eigenvalue weighted by molar-refractivity contribution is 7.15. The van der Waals surface area contributed by atoms with Gasteiger partial charge >= 0.3 is 0 Å². The Hall–Kier alpha value is -2.54. The van der Waals surface area contributed by atoms with Gasteiger partial charge in [0, 0.05) is 4.88 Å². The summed E-state index contributed by atoms with van der Waals surface area (Å²) in [4.78, 5) is 35.0. The number of fused-ring (bicyclic) bond motifs is 2. The van der Waals surface area contributed by atoms with Gasteiger partial charge in [0.25, 0.3) is 5.56 Å². The van der Waals surface area contributed by atoms with E-state index in [1.165, 1.54) is 33.5 Å². The van der Waals surface area contributed by atoms with Crippen molar-refractivity contribution < 1.29 is 4.79 Å². The monoisotopic (exact) mass is 354 g/mol. The van der Waals surface area contributed by atoms with E-state index >= 15 is 0 Å². The molecular formula is C18H18N4O2S. The van der Waals surface area contributed by atoms with Crippen LogP contribution in [0.5, 0.6) is 0 Å². The molecule has 7 heteroatoms. The normalized spacial score (nSPS) is 13.6. The van der Waals surface area contributed by atoms with Crippen molar-refractivity contribution in [2.24, 2.45) is 0 Å². The molecule has 0 bridgehead atoms. The zero-order valence-corrected chi connectivity index (χ0v) is 14.7. The van der Waals surface area contributed by atoms with Crippen LogP contribution in [0.15, 0.2) is 29.3 Å². The number of hydrogen-bond acceptors (Lipinski definition) is 5. The van der Waals surface area contributed by atoms with Crippen LogP contribution in [0.1, 0.15) is 29.0 Å². The molecule has 25 heavy (non-hydrogen) atoms. The number of carbonyl (C=O) groups excluding carboxylic acids is 1. The zero-order valence-electron chi connectivity index (χ0n) is 13.9. The summed E-state index contributed by atoms with van der Waals surface area (Å²) in [6.45, 7) is 1.84. The maximum atomic E-state index is 12.6. The fourth-order valence-electron chi connectivity index (χ4n) is 3.17. The third kappa shape index (κ3) is 3.07. The fourth-order valence-corrected chi connectivity index (χ4v) is 4.24. The van der Waals surface area contributed by atoms with Crippen molar-refractivity contribution in [3.63, 3.8) is 0 Å². The number of anilines is 1. The van der Waals surface area contributed by atoms with Gasteiger partial charge in [0.1, 0.15) is 6.54 Å². The number of thiazole rings is 1. The SMILES string of the molecule is Cc1cccc2c(=O)n(CC(=O)Nc3nc4c(s3)CCCC4)cnc12. The molecule has 1 N–H and O–H groups in total. The second-order valence-corrected chi connectivity index (χ2v) is 7.38. The van der Waals surface area contributed by atoms with Gasteiger partial charge in [-0.1, -0.05) is 12.1 Å². The van der Waals surface area contributed by atoms with E-state index in [-0.39, 0.29) is 18.0 Å². The van der Waals surface area contributed by atoms with Crippen LogP contribution in [0.2, 0.25) is 0 Å². The van der Waals surface area contributed by atoms with Crippen molar-refractivity contribution in [1.29, 1.82) is 0 Å². The molecule has 6 nitrogen and oxygen atoms in total.